The van der Waals surface area contributed by atoms with Crippen molar-refractivity contribution in [3.05, 3.63) is 158 Å². The molecular formula is C42H40N2O2. The Bertz CT molecular complexity index is 1890. The van der Waals surface area contributed by atoms with Crippen LogP contribution in [0.4, 0.5) is 17.1 Å². The van der Waals surface area contributed by atoms with E-state index in [1.54, 1.807) is 0 Å². The standard InChI is InChI=1S/C21H19NO.C21H21NO/c1-15(2)23-17-13-11-16(12-14-17)22-20-9-5-3-7-18(20)19-8-4-6-10-21(19)22;1-17(2)23-21-15-13-20(14-16-21)22(18-9-5-3-6-10-18)19-11-7-4-8-12-19/h3-15H,1-2H3;3-17H,1-2H3. The summed E-state index contributed by atoms with van der Waals surface area (Å²) in [6.45, 7) is 8.16. The second kappa shape index (κ2) is 14.1. The highest BCUT2D eigenvalue weighted by Crippen LogP contribution is 2.35. The maximum atomic E-state index is 5.75. The summed E-state index contributed by atoms with van der Waals surface area (Å²) in [5, 5.41) is 2.57. The lowest BCUT2D eigenvalue weighted by Crippen LogP contribution is -2.10. The van der Waals surface area contributed by atoms with Crippen molar-refractivity contribution < 1.29 is 9.47 Å². The molecule has 0 fully saturated rings. The number of aromatic nitrogens is 1. The number of ether oxygens (including phenoxy) is 2. The van der Waals surface area contributed by atoms with Crippen LogP contribution in [0.2, 0.25) is 0 Å². The van der Waals surface area contributed by atoms with Crippen molar-refractivity contribution in [1.82, 2.24) is 4.57 Å². The summed E-state index contributed by atoms with van der Waals surface area (Å²) in [5.41, 5.74) is 6.99. The molecule has 0 aliphatic rings. The lowest BCUT2D eigenvalue weighted by molar-refractivity contribution is 0.242. The number of rotatable bonds is 8. The van der Waals surface area contributed by atoms with E-state index in [1.165, 1.54) is 21.8 Å². The Morgan fingerprint density at radius 2 is 0.783 bits per heavy atom. The monoisotopic (exact) mass is 604 g/mol. The Hall–Kier alpha value is -5.48. The zero-order valence-electron chi connectivity index (χ0n) is 26.9. The van der Waals surface area contributed by atoms with Crippen LogP contribution in [0.25, 0.3) is 27.5 Å². The molecule has 4 nitrogen and oxygen atoms in total. The first-order valence-electron chi connectivity index (χ1n) is 15.9. The highest BCUT2D eigenvalue weighted by atomic mass is 16.5. The molecule has 0 aliphatic heterocycles. The number of hydrogen-bond acceptors (Lipinski definition) is 3. The summed E-state index contributed by atoms with van der Waals surface area (Å²) < 4.78 is 13.8. The second-order valence-corrected chi connectivity index (χ2v) is 11.7. The molecule has 230 valence electrons. The molecule has 0 saturated heterocycles. The van der Waals surface area contributed by atoms with Crippen LogP contribution < -0.4 is 14.4 Å². The quantitative estimate of drug-likeness (QED) is 0.173. The molecular weight excluding hydrogens is 564 g/mol. The molecule has 0 N–H and O–H groups in total. The van der Waals surface area contributed by atoms with Gasteiger partial charge in [-0.25, -0.2) is 0 Å². The molecule has 0 spiro atoms. The fraction of sp³-hybridized carbons (Fsp3) is 0.143. The molecule has 0 aliphatic carbocycles. The molecule has 7 aromatic rings. The van der Waals surface area contributed by atoms with E-state index < -0.39 is 0 Å². The van der Waals surface area contributed by atoms with Crippen LogP contribution in [0.1, 0.15) is 27.7 Å². The van der Waals surface area contributed by atoms with Crippen LogP contribution >= 0.6 is 0 Å². The van der Waals surface area contributed by atoms with E-state index in [4.69, 9.17) is 9.47 Å². The minimum Gasteiger partial charge on any atom is -0.491 e. The molecule has 1 aromatic heterocycles. The van der Waals surface area contributed by atoms with Gasteiger partial charge < -0.3 is 18.9 Å². The third kappa shape index (κ3) is 6.92. The molecule has 0 bridgehead atoms. The molecule has 46 heavy (non-hydrogen) atoms. The van der Waals surface area contributed by atoms with Gasteiger partial charge in [0.25, 0.3) is 0 Å². The van der Waals surface area contributed by atoms with E-state index in [2.05, 4.69) is 131 Å². The lowest BCUT2D eigenvalue weighted by Gasteiger charge is -2.25. The van der Waals surface area contributed by atoms with Gasteiger partial charge in [-0.3, -0.25) is 0 Å². The van der Waals surface area contributed by atoms with Gasteiger partial charge in [-0.1, -0.05) is 72.8 Å². The topological polar surface area (TPSA) is 26.6 Å². The number of para-hydroxylation sites is 4. The molecule has 6 aromatic carbocycles. The van der Waals surface area contributed by atoms with E-state index in [0.717, 1.165) is 34.2 Å². The summed E-state index contributed by atoms with van der Waals surface area (Å²) in [5.74, 6) is 1.80. The van der Waals surface area contributed by atoms with E-state index >= 15 is 0 Å². The average molecular weight is 605 g/mol. The molecule has 0 unspecified atom stereocenters. The van der Waals surface area contributed by atoms with Crippen LogP contribution in [0.3, 0.4) is 0 Å². The van der Waals surface area contributed by atoms with E-state index in [0.29, 0.717) is 0 Å². The van der Waals surface area contributed by atoms with Gasteiger partial charge in [-0.15, -0.1) is 0 Å². The van der Waals surface area contributed by atoms with Crippen molar-refractivity contribution in [1.29, 1.82) is 0 Å². The van der Waals surface area contributed by atoms with E-state index in [1.807, 2.05) is 64.1 Å². The third-order valence-electron chi connectivity index (χ3n) is 7.54. The van der Waals surface area contributed by atoms with Crippen molar-refractivity contribution in [2.45, 2.75) is 39.9 Å². The fourth-order valence-electron chi connectivity index (χ4n) is 5.69. The predicted molar refractivity (Wildman–Crippen MR) is 193 cm³/mol. The number of benzene rings is 6. The maximum absolute atomic E-state index is 5.75. The first kappa shape index (κ1) is 30.5. The van der Waals surface area contributed by atoms with Crippen LogP contribution in [-0.4, -0.2) is 16.8 Å². The van der Waals surface area contributed by atoms with E-state index in [9.17, 15) is 0 Å². The minimum absolute atomic E-state index is 0.181. The Balaban J connectivity index is 0.000000162. The number of hydrogen-bond donors (Lipinski definition) is 0. The zero-order chi connectivity index (χ0) is 31.9. The zero-order valence-corrected chi connectivity index (χ0v) is 26.9. The fourth-order valence-corrected chi connectivity index (χ4v) is 5.69. The van der Waals surface area contributed by atoms with Gasteiger partial charge in [-0.05, 0) is 113 Å². The van der Waals surface area contributed by atoms with Crippen LogP contribution in [0, 0.1) is 0 Å². The first-order chi connectivity index (χ1) is 22.5. The summed E-state index contributed by atoms with van der Waals surface area (Å²) in [6.07, 6.45) is 0.370. The number of anilines is 3. The molecule has 7 rings (SSSR count). The lowest BCUT2D eigenvalue weighted by atomic mass is 10.2. The van der Waals surface area contributed by atoms with Gasteiger partial charge in [0, 0.05) is 33.5 Å². The normalized spacial score (nSPS) is 11.0. The van der Waals surface area contributed by atoms with Crippen LogP contribution in [0.5, 0.6) is 11.5 Å². The molecule has 0 saturated carbocycles. The maximum Gasteiger partial charge on any atom is 0.119 e. The van der Waals surface area contributed by atoms with Crippen LogP contribution in [-0.2, 0) is 0 Å². The SMILES string of the molecule is CC(C)Oc1ccc(-n2c3ccccc3c3ccccc32)cc1.CC(C)Oc1ccc(N(c2ccccc2)c2ccccc2)cc1. The average Bonchev–Trinajstić information content (AvgIpc) is 3.41. The molecule has 4 heteroatoms. The van der Waals surface area contributed by atoms with Crippen molar-refractivity contribution >= 4 is 38.9 Å². The third-order valence-corrected chi connectivity index (χ3v) is 7.54. The molecule has 1 heterocycles. The Morgan fingerprint density at radius 1 is 0.413 bits per heavy atom. The van der Waals surface area contributed by atoms with Crippen molar-refractivity contribution in [2.24, 2.45) is 0 Å². The highest BCUT2D eigenvalue weighted by Gasteiger charge is 2.13. The second-order valence-electron chi connectivity index (χ2n) is 11.7. The van der Waals surface area contributed by atoms with Gasteiger partial charge in [0.15, 0.2) is 0 Å². The highest BCUT2D eigenvalue weighted by molar-refractivity contribution is 6.09. The largest absolute Gasteiger partial charge is 0.491 e. The smallest absolute Gasteiger partial charge is 0.119 e. The van der Waals surface area contributed by atoms with Gasteiger partial charge in [0.2, 0.25) is 0 Å². The summed E-state index contributed by atoms with van der Waals surface area (Å²) in [6, 6.07) is 54.4. The van der Waals surface area contributed by atoms with Gasteiger partial charge in [0.05, 0.1) is 23.2 Å². The summed E-state index contributed by atoms with van der Waals surface area (Å²) in [7, 11) is 0. The summed E-state index contributed by atoms with van der Waals surface area (Å²) in [4.78, 5) is 2.24. The molecule has 0 atom stereocenters. The summed E-state index contributed by atoms with van der Waals surface area (Å²) >= 11 is 0. The number of fused-ring (bicyclic) bond motifs is 3. The van der Waals surface area contributed by atoms with Crippen molar-refractivity contribution in [3.63, 3.8) is 0 Å². The predicted octanol–water partition coefficient (Wildman–Crippen LogP) is 11.5. The van der Waals surface area contributed by atoms with Crippen LogP contribution in [0.15, 0.2) is 158 Å². The number of nitrogens with zero attached hydrogens (tertiary/aromatic N) is 2. The minimum atomic E-state index is 0.181. The van der Waals surface area contributed by atoms with Gasteiger partial charge in [0.1, 0.15) is 11.5 Å². The van der Waals surface area contributed by atoms with Gasteiger partial charge in [-0.2, -0.15) is 0 Å². The van der Waals surface area contributed by atoms with E-state index in [-0.39, 0.29) is 12.2 Å². The molecule has 0 amide bonds. The Labute approximate surface area is 272 Å². The first-order valence-corrected chi connectivity index (χ1v) is 15.9. The Kier molecular flexibility index (Phi) is 9.35. The molecule has 0 radical (unpaired) electrons. The van der Waals surface area contributed by atoms with Crippen molar-refractivity contribution in [3.8, 4) is 17.2 Å². The van der Waals surface area contributed by atoms with Crippen molar-refractivity contribution in [2.75, 3.05) is 4.90 Å². The Morgan fingerprint density at radius 3 is 1.22 bits per heavy atom. The van der Waals surface area contributed by atoms with Gasteiger partial charge >= 0.3 is 0 Å².